The SMILES string of the molecule is CC(C)(C)OC(=O)N[C@@H]1c2ccccc2CC12CCN(c1nnc(N)s1)CC2.CF.Cl.Cl.I.N[C@@H]1c2ccccc2CC12CCNCC2.Nc1nnc(Cl)s1. The zero-order valence-electron chi connectivity index (χ0n) is 31.4. The normalized spacial score (nSPS) is 19.5. The third kappa shape index (κ3) is 12.1. The van der Waals surface area contributed by atoms with Crippen molar-refractivity contribution in [2.75, 3.05) is 49.7 Å². The average Bonchev–Trinajstić information content (AvgIpc) is 3.87. The summed E-state index contributed by atoms with van der Waals surface area (Å²) in [6.45, 7) is 9.65. The van der Waals surface area contributed by atoms with Crippen molar-refractivity contribution in [1.29, 1.82) is 0 Å². The lowest BCUT2D eigenvalue weighted by Crippen LogP contribution is -2.47. The van der Waals surface area contributed by atoms with Crippen LogP contribution in [0.3, 0.4) is 0 Å². The van der Waals surface area contributed by atoms with E-state index >= 15 is 0 Å². The number of hydrogen-bond donors (Lipinski definition) is 5. The molecule has 19 heteroatoms. The van der Waals surface area contributed by atoms with Crippen molar-refractivity contribution in [3.63, 3.8) is 0 Å². The highest BCUT2D eigenvalue weighted by atomic mass is 127. The largest absolute Gasteiger partial charge is 0.444 e. The van der Waals surface area contributed by atoms with Crippen molar-refractivity contribution >= 4 is 105 Å². The molecule has 2 saturated heterocycles. The number of anilines is 3. The fourth-order valence-electron chi connectivity index (χ4n) is 7.85. The van der Waals surface area contributed by atoms with Crippen LogP contribution in [0.5, 0.6) is 0 Å². The number of hydrogen-bond acceptors (Lipinski definition) is 13. The predicted molar refractivity (Wildman–Crippen MR) is 238 cm³/mol. The molecule has 4 heterocycles. The van der Waals surface area contributed by atoms with E-state index < -0.39 is 5.60 Å². The van der Waals surface area contributed by atoms with E-state index in [1.54, 1.807) is 0 Å². The van der Waals surface area contributed by atoms with Crippen LogP contribution in [0.4, 0.5) is 24.6 Å². The number of piperidine rings is 2. The monoisotopic (exact) mass is 972 g/mol. The predicted octanol–water partition coefficient (Wildman–Crippen LogP) is 7.96. The lowest BCUT2D eigenvalue weighted by Gasteiger charge is -2.43. The van der Waals surface area contributed by atoms with Gasteiger partial charge in [0.25, 0.3) is 0 Å². The van der Waals surface area contributed by atoms with Crippen LogP contribution < -0.4 is 32.7 Å². The fourth-order valence-corrected chi connectivity index (χ4v) is 9.13. The Labute approximate surface area is 365 Å². The summed E-state index contributed by atoms with van der Waals surface area (Å²) in [5.41, 5.74) is 22.5. The summed E-state index contributed by atoms with van der Waals surface area (Å²) in [6, 6.07) is 17.3. The quantitative estimate of drug-likeness (QED) is 0.123. The molecule has 2 aliphatic heterocycles. The van der Waals surface area contributed by atoms with Gasteiger partial charge < -0.3 is 37.5 Å². The van der Waals surface area contributed by atoms with E-state index in [4.69, 9.17) is 33.5 Å². The van der Waals surface area contributed by atoms with Gasteiger partial charge >= 0.3 is 6.09 Å². The Morgan fingerprint density at radius 2 is 1.40 bits per heavy atom. The van der Waals surface area contributed by atoms with Crippen LogP contribution in [-0.4, -0.2) is 65.4 Å². The van der Waals surface area contributed by atoms with Crippen LogP contribution >= 0.6 is 83.1 Å². The lowest BCUT2D eigenvalue weighted by atomic mass is 9.73. The fraction of sp³-hybridized carbons (Fsp3) is 0.528. The minimum absolute atomic E-state index is 0. The van der Waals surface area contributed by atoms with Crippen LogP contribution in [0.2, 0.25) is 4.47 Å². The molecule has 0 saturated carbocycles. The first-order chi connectivity index (χ1) is 24.9. The van der Waals surface area contributed by atoms with Crippen molar-refractivity contribution in [3.8, 4) is 0 Å². The molecule has 2 aromatic carbocycles. The Hall–Kier alpha value is -2.32. The van der Waals surface area contributed by atoms with Crippen molar-refractivity contribution in [2.45, 2.75) is 77.0 Å². The van der Waals surface area contributed by atoms with Crippen LogP contribution in [0.15, 0.2) is 48.5 Å². The maximum Gasteiger partial charge on any atom is 0.408 e. The number of nitrogens with zero attached hydrogens (tertiary/aromatic N) is 5. The molecular formula is C36H53Cl3FIN10O2S2. The molecule has 4 aromatic rings. The minimum atomic E-state index is -0.517. The first-order valence-corrected chi connectivity index (χ1v) is 19.5. The van der Waals surface area contributed by atoms with Gasteiger partial charge in [-0.3, -0.25) is 4.39 Å². The number of alkyl carbamates (subject to hydrolysis) is 1. The molecule has 4 aliphatic rings. The number of nitrogens with one attached hydrogen (secondary N) is 2. The summed E-state index contributed by atoms with van der Waals surface area (Å²) in [7, 11) is 0.500. The van der Waals surface area contributed by atoms with Crippen molar-refractivity contribution in [3.05, 3.63) is 75.3 Å². The number of aromatic nitrogens is 4. The second-order valence-electron chi connectivity index (χ2n) is 14.6. The second-order valence-corrected chi connectivity index (χ2v) is 17.2. The van der Waals surface area contributed by atoms with Gasteiger partial charge in [-0.05, 0) is 112 Å². The van der Waals surface area contributed by atoms with Gasteiger partial charge in [0.15, 0.2) is 0 Å². The van der Waals surface area contributed by atoms with Crippen molar-refractivity contribution in [2.24, 2.45) is 16.6 Å². The van der Waals surface area contributed by atoms with Gasteiger partial charge in [0.2, 0.25) is 19.9 Å². The number of fused-ring (bicyclic) bond motifs is 2. The highest BCUT2D eigenvalue weighted by Crippen LogP contribution is 2.53. The van der Waals surface area contributed by atoms with Crippen LogP contribution in [0.25, 0.3) is 0 Å². The molecular weight excluding hydrogens is 921 g/mol. The molecule has 0 radical (unpaired) electrons. The van der Waals surface area contributed by atoms with E-state index in [-0.39, 0.29) is 72.4 Å². The average molecular weight is 974 g/mol. The van der Waals surface area contributed by atoms with Gasteiger partial charge in [0.05, 0.1) is 13.2 Å². The van der Waals surface area contributed by atoms with E-state index in [1.807, 2.05) is 26.8 Å². The number of alkyl halides is 1. The van der Waals surface area contributed by atoms with E-state index in [2.05, 4.69) is 78.4 Å². The van der Waals surface area contributed by atoms with Gasteiger partial charge in [-0.1, -0.05) is 71.2 Å². The number of ether oxygens (including phenoxy) is 1. The van der Waals surface area contributed by atoms with E-state index in [9.17, 15) is 9.18 Å². The highest BCUT2D eigenvalue weighted by molar-refractivity contribution is 14.0. The third-order valence-corrected chi connectivity index (χ3v) is 11.9. The molecule has 2 spiro atoms. The summed E-state index contributed by atoms with van der Waals surface area (Å²) >= 11 is 7.91. The number of nitrogens with two attached hydrogens (primary N) is 3. The standard InChI is InChI=1S/C20H27N5O2S.C13H18N2.C2H2ClN3S.CH3F.2ClH.HI/c1-19(2,3)27-18(26)22-15-14-7-5-4-6-13(14)12-20(15)8-10-25(11-9-20)17-24-23-16(21)28-17;14-12-11-4-2-1-3-10(11)9-13(12)5-7-15-8-6-13;3-1-5-6-2(4)7-1;1-2;;;/h4-7,15H,8-12H2,1-3H3,(H2,21,23)(H,22,26);1-4,12,15H,5-9,14H2;(H2,4,6);1H3;3*1H/t15-;12-;;;;;/m11...../s1. The Balaban J connectivity index is 0.000000324. The number of rotatable bonds is 2. The summed E-state index contributed by atoms with van der Waals surface area (Å²) in [6.07, 6.45) is 6.17. The number of amides is 1. The second kappa shape index (κ2) is 21.4. The van der Waals surface area contributed by atoms with Crippen molar-refractivity contribution in [1.82, 2.24) is 31.0 Å². The van der Waals surface area contributed by atoms with Gasteiger partial charge in [0.1, 0.15) is 5.60 Å². The molecule has 55 heavy (non-hydrogen) atoms. The van der Waals surface area contributed by atoms with Gasteiger partial charge in [0, 0.05) is 24.5 Å². The summed E-state index contributed by atoms with van der Waals surface area (Å²) in [4.78, 5) is 14.8. The molecule has 2 atom stereocenters. The molecule has 12 nitrogen and oxygen atoms in total. The maximum absolute atomic E-state index is 12.6. The zero-order chi connectivity index (χ0) is 37.5. The Bertz CT molecular complexity index is 1770. The molecule has 2 aliphatic carbocycles. The van der Waals surface area contributed by atoms with Crippen LogP contribution in [-0.2, 0) is 17.6 Å². The Morgan fingerprint density at radius 1 is 0.873 bits per heavy atom. The molecule has 306 valence electrons. The van der Waals surface area contributed by atoms with E-state index in [0.717, 1.165) is 61.9 Å². The minimum Gasteiger partial charge on any atom is -0.444 e. The molecule has 2 aromatic heterocycles. The molecule has 8 N–H and O–H groups in total. The molecule has 1 amide bonds. The molecule has 0 unspecified atom stereocenters. The first kappa shape index (κ1) is 48.8. The Morgan fingerprint density at radius 3 is 1.89 bits per heavy atom. The lowest BCUT2D eigenvalue weighted by molar-refractivity contribution is 0.0428. The highest BCUT2D eigenvalue weighted by Gasteiger charge is 2.49. The topological polar surface area (TPSA) is 183 Å². The van der Waals surface area contributed by atoms with E-state index in [0.29, 0.717) is 27.3 Å². The maximum atomic E-state index is 12.6. The number of carbonyl (C=O) groups is 1. The number of benzene rings is 2. The van der Waals surface area contributed by atoms with Gasteiger partial charge in [-0.2, -0.15) is 0 Å². The summed E-state index contributed by atoms with van der Waals surface area (Å²) in [5, 5.41) is 23.4. The van der Waals surface area contributed by atoms with Crippen LogP contribution in [0.1, 0.15) is 80.8 Å². The van der Waals surface area contributed by atoms with Crippen molar-refractivity contribution < 1.29 is 13.9 Å². The summed E-state index contributed by atoms with van der Waals surface area (Å²) < 4.78 is 15.4. The third-order valence-electron chi connectivity index (χ3n) is 10.2. The number of carbonyl (C=O) groups excluding carboxylic acids is 1. The first-order valence-electron chi connectivity index (χ1n) is 17.4. The van der Waals surface area contributed by atoms with Gasteiger partial charge in [-0.25, -0.2) is 4.79 Å². The number of halogens is 5. The smallest absolute Gasteiger partial charge is 0.408 e. The molecule has 8 rings (SSSR count). The van der Waals surface area contributed by atoms with Crippen LogP contribution in [0, 0.1) is 10.8 Å². The van der Waals surface area contributed by atoms with Gasteiger partial charge in [-0.15, -0.1) is 69.2 Å². The number of nitrogen functional groups attached to an aromatic ring is 2. The molecule has 2 fully saturated rings. The van der Waals surface area contributed by atoms with E-state index in [1.165, 1.54) is 52.9 Å². The molecule has 0 bridgehead atoms. The zero-order valence-corrected chi connectivity index (χ0v) is 37.8. The summed E-state index contributed by atoms with van der Waals surface area (Å²) in [5.74, 6) is 0. The Kier molecular flexibility index (Phi) is 19.0.